The van der Waals surface area contributed by atoms with Gasteiger partial charge in [-0.3, -0.25) is 0 Å². The molecule has 41 heavy (non-hydrogen) atoms. The largest absolute Gasteiger partial charge is 0.308 e. The molecule has 0 radical (unpaired) electrons. The summed E-state index contributed by atoms with van der Waals surface area (Å²) in [5, 5.41) is 22.5. The van der Waals surface area contributed by atoms with Crippen LogP contribution in [0.1, 0.15) is 11.1 Å². The predicted octanol–water partition coefficient (Wildman–Crippen LogP) is 9.53. The standard InChI is InChI=1S/C38H23N3/c39-24-28-16-11-17-29(25-40)37(28)30-22-33(26-12-3-1-4-13-26)38(34(23-30)27-14-5-2-6-15-27)41-35-20-9-7-18-31(35)32-19-8-10-21-36(32)41/h1-23H. The summed E-state index contributed by atoms with van der Waals surface area (Å²) >= 11 is 0. The molecule has 1 aromatic heterocycles. The van der Waals surface area contributed by atoms with Crippen molar-refractivity contribution in [1.29, 1.82) is 10.5 Å². The van der Waals surface area contributed by atoms with Crippen molar-refractivity contribution in [1.82, 2.24) is 4.57 Å². The molecule has 0 saturated carbocycles. The van der Waals surface area contributed by atoms with E-state index < -0.39 is 0 Å². The average Bonchev–Trinajstić information content (AvgIpc) is 3.38. The molecule has 0 aliphatic heterocycles. The van der Waals surface area contributed by atoms with Crippen LogP contribution in [0.4, 0.5) is 0 Å². The number of hydrogen-bond acceptors (Lipinski definition) is 2. The summed E-state index contributed by atoms with van der Waals surface area (Å²) in [4.78, 5) is 0. The van der Waals surface area contributed by atoms with Crippen LogP contribution in [0.5, 0.6) is 0 Å². The van der Waals surface area contributed by atoms with Gasteiger partial charge in [-0.1, -0.05) is 103 Å². The summed E-state index contributed by atoms with van der Waals surface area (Å²) in [5.74, 6) is 0. The number of hydrogen-bond donors (Lipinski definition) is 0. The van der Waals surface area contributed by atoms with Crippen LogP contribution in [0.2, 0.25) is 0 Å². The van der Waals surface area contributed by atoms with Crippen LogP contribution in [-0.4, -0.2) is 4.57 Å². The van der Waals surface area contributed by atoms with Gasteiger partial charge in [-0.05, 0) is 53.1 Å². The van der Waals surface area contributed by atoms with Gasteiger partial charge in [0.15, 0.2) is 0 Å². The van der Waals surface area contributed by atoms with Gasteiger partial charge >= 0.3 is 0 Å². The molecule has 0 atom stereocenters. The van der Waals surface area contributed by atoms with E-state index in [1.807, 2.05) is 36.4 Å². The molecule has 3 nitrogen and oxygen atoms in total. The zero-order valence-electron chi connectivity index (χ0n) is 22.1. The number of aromatic nitrogens is 1. The lowest BCUT2D eigenvalue weighted by Crippen LogP contribution is -2.02. The maximum Gasteiger partial charge on any atom is 0.0998 e. The fraction of sp³-hybridized carbons (Fsp3) is 0. The van der Waals surface area contributed by atoms with Crippen molar-refractivity contribution in [3.8, 4) is 51.2 Å². The zero-order valence-corrected chi connectivity index (χ0v) is 22.1. The van der Waals surface area contributed by atoms with Crippen LogP contribution in [0, 0.1) is 22.7 Å². The SMILES string of the molecule is N#Cc1cccc(C#N)c1-c1cc(-c2ccccc2)c(-n2c3ccccc3c3ccccc32)c(-c2ccccc2)c1. The maximum atomic E-state index is 10.1. The fourth-order valence-corrected chi connectivity index (χ4v) is 5.91. The minimum atomic E-state index is 0.478. The molecule has 190 valence electrons. The summed E-state index contributed by atoms with van der Waals surface area (Å²) < 4.78 is 2.36. The number of benzene rings is 6. The Balaban J connectivity index is 1.70. The van der Waals surface area contributed by atoms with Gasteiger partial charge in [0, 0.05) is 27.5 Å². The van der Waals surface area contributed by atoms with E-state index in [4.69, 9.17) is 0 Å². The van der Waals surface area contributed by atoms with Crippen molar-refractivity contribution in [2.24, 2.45) is 0 Å². The molecule has 1 heterocycles. The number of para-hydroxylation sites is 2. The second-order valence-corrected chi connectivity index (χ2v) is 9.97. The van der Waals surface area contributed by atoms with Gasteiger partial charge in [0.1, 0.15) is 0 Å². The van der Waals surface area contributed by atoms with E-state index in [9.17, 15) is 10.5 Å². The monoisotopic (exact) mass is 521 g/mol. The van der Waals surface area contributed by atoms with E-state index in [2.05, 4.69) is 102 Å². The first-order valence-electron chi connectivity index (χ1n) is 13.5. The first-order chi connectivity index (χ1) is 20.3. The second-order valence-electron chi connectivity index (χ2n) is 9.97. The number of rotatable bonds is 4. The zero-order chi connectivity index (χ0) is 27.8. The van der Waals surface area contributed by atoms with Gasteiger partial charge in [0.25, 0.3) is 0 Å². The molecule has 0 saturated heterocycles. The van der Waals surface area contributed by atoms with Gasteiger partial charge in [-0.15, -0.1) is 0 Å². The quantitative estimate of drug-likeness (QED) is 0.232. The Labute approximate surface area is 238 Å². The molecular weight excluding hydrogens is 498 g/mol. The Hall–Kier alpha value is -5.90. The first kappa shape index (κ1) is 24.2. The predicted molar refractivity (Wildman–Crippen MR) is 167 cm³/mol. The lowest BCUT2D eigenvalue weighted by Gasteiger charge is -2.21. The Morgan fingerprint density at radius 2 is 0.878 bits per heavy atom. The molecule has 0 aliphatic rings. The highest BCUT2D eigenvalue weighted by atomic mass is 15.0. The maximum absolute atomic E-state index is 10.1. The van der Waals surface area contributed by atoms with Crippen molar-refractivity contribution >= 4 is 21.8 Å². The lowest BCUT2D eigenvalue weighted by molar-refractivity contribution is 1.18. The molecule has 7 aromatic rings. The Kier molecular flexibility index (Phi) is 5.90. The van der Waals surface area contributed by atoms with Gasteiger partial charge in [0.05, 0.1) is 40.0 Å². The second kappa shape index (κ2) is 10.0. The molecule has 0 fully saturated rings. The Morgan fingerprint density at radius 1 is 0.439 bits per heavy atom. The fourth-order valence-electron chi connectivity index (χ4n) is 5.91. The Morgan fingerprint density at radius 3 is 1.34 bits per heavy atom. The van der Waals surface area contributed by atoms with E-state index >= 15 is 0 Å². The summed E-state index contributed by atoms with van der Waals surface area (Å²) in [6.07, 6.45) is 0. The van der Waals surface area contributed by atoms with Gasteiger partial charge in [-0.2, -0.15) is 10.5 Å². The summed E-state index contributed by atoms with van der Waals surface area (Å²) in [6.45, 7) is 0. The molecule has 0 N–H and O–H groups in total. The third-order valence-electron chi connectivity index (χ3n) is 7.68. The highest BCUT2D eigenvalue weighted by Crippen LogP contribution is 2.44. The van der Waals surface area contributed by atoms with Crippen molar-refractivity contribution in [3.05, 3.63) is 151 Å². The third kappa shape index (κ3) is 3.97. The Bertz CT molecular complexity index is 2010. The molecule has 0 aliphatic carbocycles. The first-order valence-corrected chi connectivity index (χ1v) is 13.5. The molecule has 0 unspecified atom stereocenters. The van der Waals surface area contributed by atoms with Crippen LogP contribution in [0.3, 0.4) is 0 Å². The van der Waals surface area contributed by atoms with E-state index in [1.165, 1.54) is 10.8 Å². The molecule has 0 spiro atoms. The van der Waals surface area contributed by atoms with E-state index in [0.717, 1.165) is 44.5 Å². The minimum Gasteiger partial charge on any atom is -0.308 e. The van der Waals surface area contributed by atoms with Crippen LogP contribution in [-0.2, 0) is 0 Å². The number of nitriles is 2. The smallest absolute Gasteiger partial charge is 0.0998 e. The topological polar surface area (TPSA) is 52.5 Å². The van der Waals surface area contributed by atoms with Gasteiger partial charge in [0.2, 0.25) is 0 Å². The molecule has 0 amide bonds. The average molecular weight is 522 g/mol. The van der Waals surface area contributed by atoms with Crippen molar-refractivity contribution in [2.75, 3.05) is 0 Å². The third-order valence-corrected chi connectivity index (χ3v) is 7.68. The minimum absolute atomic E-state index is 0.478. The highest BCUT2D eigenvalue weighted by Gasteiger charge is 2.22. The highest BCUT2D eigenvalue weighted by molar-refractivity contribution is 6.11. The number of nitrogens with zero attached hydrogens (tertiary/aromatic N) is 3. The van der Waals surface area contributed by atoms with E-state index in [0.29, 0.717) is 16.7 Å². The van der Waals surface area contributed by atoms with Crippen LogP contribution < -0.4 is 0 Å². The summed E-state index contributed by atoms with van der Waals surface area (Å²) in [6, 6.07) is 52.0. The van der Waals surface area contributed by atoms with E-state index in [1.54, 1.807) is 18.2 Å². The van der Waals surface area contributed by atoms with Crippen LogP contribution in [0.15, 0.2) is 140 Å². The summed E-state index contributed by atoms with van der Waals surface area (Å²) in [7, 11) is 0. The molecule has 0 bridgehead atoms. The molecule has 6 aromatic carbocycles. The molecular formula is C38H23N3. The van der Waals surface area contributed by atoms with Gasteiger partial charge in [-0.25, -0.2) is 0 Å². The normalized spacial score (nSPS) is 10.9. The van der Waals surface area contributed by atoms with Crippen molar-refractivity contribution in [2.45, 2.75) is 0 Å². The number of fused-ring (bicyclic) bond motifs is 3. The molecule has 7 rings (SSSR count). The summed E-state index contributed by atoms with van der Waals surface area (Å²) in [5.41, 5.74) is 9.87. The van der Waals surface area contributed by atoms with Crippen LogP contribution >= 0.6 is 0 Å². The van der Waals surface area contributed by atoms with Gasteiger partial charge < -0.3 is 4.57 Å². The van der Waals surface area contributed by atoms with E-state index in [-0.39, 0.29) is 0 Å². The lowest BCUT2D eigenvalue weighted by atomic mass is 9.88. The van der Waals surface area contributed by atoms with Crippen molar-refractivity contribution < 1.29 is 0 Å². The van der Waals surface area contributed by atoms with Crippen molar-refractivity contribution in [3.63, 3.8) is 0 Å². The molecule has 3 heteroatoms. The van der Waals surface area contributed by atoms with Crippen LogP contribution in [0.25, 0.3) is 60.9 Å².